The van der Waals surface area contributed by atoms with Gasteiger partial charge in [-0.25, -0.2) is 9.97 Å². The maximum atomic E-state index is 6.25. The van der Waals surface area contributed by atoms with Crippen molar-refractivity contribution in [2.75, 3.05) is 12.8 Å². The Labute approximate surface area is 138 Å². The Kier molecular flexibility index (Phi) is 4.69. The van der Waals surface area contributed by atoms with Gasteiger partial charge in [-0.1, -0.05) is 41.0 Å². The summed E-state index contributed by atoms with van der Waals surface area (Å²) in [5.74, 6) is 0. The van der Waals surface area contributed by atoms with E-state index in [1.165, 1.54) is 11.3 Å². The van der Waals surface area contributed by atoms with Crippen LogP contribution in [0.15, 0.2) is 29.6 Å². The highest BCUT2D eigenvalue weighted by Gasteiger charge is 2.19. The number of hydrogen-bond donors (Lipinski definition) is 0. The van der Waals surface area contributed by atoms with Crippen molar-refractivity contribution in [1.82, 2.24) is 14.9 Å². The smallest absolute Gasteiger partial charge is 0.187 e. The van der Waals surface area contributed by atoms with E-state index in [1.807, 2.05) is 24.6 Å². The van der Waals surface area contributed by atoms with E-state index >= 15 is 0 Å². The number of fused-ring (bicyclic) bond motifs is 1. The van der Waals surface area contributed by atoms with Crippen LogP contribution in [0.25, 0.3) is 0 Å². The van der Waals surface area contributed by atoms with E-state index < -0.39 is 0 Å². The largest absolute Gasteiger partial charge is 0.294 e. The van der Waals surface area contributed by atoms with E-state index in [9.17, 15) is 0 Å². The Bertz CT molecular complexity index is 663. The molecule has 0 saturated carbocycles. The highest BCUT2D eigenvalue weighted by atomic mass is 35.5. The van der Waals surface area contributed by atoms with E-state index in [-0.39, 0.29) is 0 Å². The highest BCUT2D eigenvalue weighted by Crippen LogP contribution is 2.25. The predicted octanol–water partition coefficient (Wildman–Crippen LogP) is 4.06. The number of benzene rings is 1. The topological polar surface area (TPSA) is 29.0 Å². The van der Waals surface area contributed by atoms with Crippen LogP contribution in [0.1, 0.15) is 16.8 Å². The minimum atomic E-state index is 0.672. The molecule has 0 radical (unpaired) electrons. The zero-order valence-corrected chi connectivity index (χ0v) is 14.0. The number of aromatic nitrogens is 2. The van der Waals surface area contributed by atoms with Crippen LogP contribution in [0.2, 0.25) is 10.0 Å². The Hall–Kier alpha value is -0.810. The van der Waals surface area contributed by atoms with Gasteiger partial charge in [0.2, 0.25) is 0 Å². The van der Waals surface area contributed by atoms with Crippen molar-refractivity contribution in [3.8, 4) is 0 Å². The van der Waals surface area contributed by atoms with Gasteiger partial charge in [0.05, 0.1) is 5.69 Å². The average molecular weight is 340 g/mol. The molecule has 1 aliphatic rings. The molecule has 6 heteroatoms. The van der Waals surface area contributed by atoms with Crippen molar-refractivity contribution < 1.29 is 0 Å². The normalized spacial score (nSPS) is 15.0. The van der Waals surface area contributed by atoms with Crippen LogP contribution >= 0.6 is 35.0 Å². The Balaban J connectivity index is 1.74. The molecular weight excluding hydrogens is 325 g/mol. The number of nitrogens with zero attached hydrogens (tertiary/aromatic N) is 3. The van der Waals surface area contributed by atoms with Crippen LogP contribution in [0.4, 0.5) is 0 Å². The van der Waals surface area contributed by atoms with Gasteiger partial charge in [0.25, 0.3) is 0 Å². The molecule has 2 aromatic rings. The van der Waals surface area contributed by atoms with Gasteiger partial charge in [0, 0.05) is 47.9 Å². The van der Waals surface area contributed by atoms with E-state index in [4.69, 9.17) is 23.2 Å². The third-order valence-electron chi connectivity index (χ3n) is 3.58. The molecule has 0 spiro atoms. The Morgan fingerprint density at radius 2 is 2.19 bits per heavy atom. The monoisotopic (exact) mass is 339 g/mol. The summed E-state index contributed by atoms with van der Waals surface area (Å²) in [5.41, 5.74) is 3.49. The van der Waals surface area contributed by atoms with Crippen molar-refractivity contribution in [3.05, 3.63) is 51.3 Å². The van der Waals surface area contributed by atoms with Gasteiger partial charge < -0.3 is 0 Å². The molecule has 0 bridgehead atoms. The van der Waals surface area contributed by atoms with E-state index in [2.05, 4.69) is 14.9 Å². The molecular formula is C15H15Cl2N3S. The lowest BCUT2D eigenvalue weighted by Crippen LogP contribution is -2.31. The Morgan fingerprint density at radius 1 is 1.33 bits per heavy atom. The van der Waals surface area contributed by atoms with Crippen molar-refractivity contribution in [1.29, 1.82) is 0 Å². The molecule has 0 amide bonds. The van der Waals surface area contributed by atoms with Crippen LogP contribution in [0.3, 0.4) is 0 Å². The number of hydrogen-bond acceptors (Lipinski definition) is 4. The van der Waals surface area contributed by atoms with Gasteiger partial charge in [-0.15, -0.1) is 0 Å². The summed E-state index contributed by atoms with van der Waals surface area (Å²) in [6.07, 6.45) is 4.90. The second-order valence-corrected chi connectivity index (χ2v) is 6.64. The summed E-state index contributed by atoms with van der Waals surface area (Å²) in [7, 11) is 0. The quantitative estimate of drug-likeness (QED) is 0.622. The van der Waals surface area contributed by atoms with Gasteiger partial charge >= 0.3 is 0 Å². The number of thioether (sulfide) groups is 1. The van der Waals surface area contributed by atoms with E-state index in [1.54, 1.807) is 17.8 Å². The first-order valence-electron chi connectivity index (χ1n) is 6.71. The molecule has 1 aliphatic heterocycles. The fourth-order valence-corrected chi connectivity index (χ4v) is 3.31. The first-order chi connectivity index (χ1) is 10.2. The van der Waals surface area contributed by atoms with E-state index in [0.29, 0.717) is 5.02 Å². The maximum Gasteiger partial charge on any atom is 0.187 e. The molecule has 110 valence electrons. The first-order valence-corrected chi connectivity index (χ1v) is 8.69. The highest BCUT2D eigenvalue weighted by molar-refractivity contribution is 7.98. The third-order valence-corrected chi connectivity index (χ3v) is 4.73. The zero-order valence-electron chi connectivity index (χ0n) is 11.6. The van der Waals surface area contributed by atoms with Crippen molar-refractivity contribution in [2.24, 2.45) is 0 Å². The summed E-state index contributed by atoms with van der Waals surface area (Å²) < 4.78 is 0. The third kappa shape index (κ3) is 3.51. The van der Waals surface area contributed by atoms with E-state index in [0.717, 1.165) is 41.8 Å². The van der Waals surface area contributed by atoms with Crippen LogP contribution in [-0.2, 0) is 19.5 Å². The lowest BCUT2D eigenvalue weighted by atomic mass is 10.1. The minimum absolute atomic E-state index is 0.672. The molecule has 0 fully saturated rings. The molecule has 0 aliphatic carbocycles. The Morgan fingerprint density at radius 3 is 2.95 bits per heavy atom. The second-order valence-electron chi connectivity index (χ2n) is 5.03. The molecule has 0 saturated heterocycles. The number of rotatable bonds is 3. The van der Waals surface area contributed by atoms with Gasteiger partial charge in [-0.2, -0.15) is 0 Å². The standard InChI is InChI=1S/C15H15Cl2N3S/c1-21-15-18-7-11-9-20(5-4-14(11)19-15)8-10-2-3-12(16)6-13(10)17/h2-3,6-7H,4-5,8-9H2,1H3. The lowest BCUT2D eigenvalue weighted by molar-refractivity contribution is 0.242. The maximum absolute atomic E-state index is 6.25. The van der Waals surface area contributed by atoms with Gasteiger partial charge in [-0.3, -0.25) is 4.90 Å². The molecule has 0 N–H and O–H groups in total. The first kappa shape index (κ1) is 15.1. The van der Waals surface area contributed by atoms with Crippen LogP contribution in [0.5, 0.6) is 0 Å². The summed E-state index contributed by atoms with van der Waals surface area (Å²) in [6, 6.07) is 5.67. The molecule has 2 heterocycles. The minimum Gasteiger partial charge on any atom is -0.294 e. The fraction of sp³-hybridized carbons (Fsp3) is 0.333. The summed E-state index contributed by atoms with van der Waals surface area (Å²) in [5, 5.41) is 2.25. The SMILES string of the molecule is CSc1ncc2c(n1)CCN(Cc1ccc(Cl)cc1Cl)C2. The molecule has 1 aromatic carbocycles. The van der Waals surface area contributed by atoms with Crippen molar-refractivity contribution in [2.45, 2.75) is 24.7 Å². The van der Waals surface area contributed by atoms with Crippen LogP contribution < -0.4 is 0 Å². The molecule has 3 rings (SSSR count). The summed E-state index contributed by atoms with van der Waals surface area (Å²) in [4.78, 5) is 11.3. The number of halogens is 2. The van der Waals surface area contributed by atoms with Gasteiger partial charge in [-0.05, 0) is 24.0 Å². The van der Waals surface area contributed by atoms with Gasteiger partial charge in [0.1, 0.15) is 0 Å². The predicted molar refractivity (Wildman–Crippen MR) is 88.1 cm³/mol. The molecule has 21 heavy (non-hydrogen) atoms. The lowest BCUT2D eigenvalue weighted by Gasteiger charge is -2.28. The average Bonchev–Trinajstić information content (AvgIpc) is 2.49. The molecule has 0 unspecified atom stereocenters. The summed E-state index contributed by atoms with van der Waals surface area (Å²) in [6.45, 7) is 2.67. The second kappa shape index (κ2) is 6.53. The fourth-order valence-electron chi connectivity index (χ4n) is 2.48. The van der Waals surface area contributed by atoms with Crippen LogP contribution in [-0.4, -0.2) is 27.7 Å². The zero-order chi connectivity index (χ0) is 14.8. The summed E-state index contributed by atoms with van der Waals surface area (Å²) >= 11 is 13.8. The molecule has 3 nitrogen and oxygen atoms in total. The van der Waals surface area contributed by atoms with Gasteiger partial charge in [0.15, 0.2) is 5.16 Å². The van der Waals surface area contributed by atoms with Crippen molar-refractivity contribution in [3.63, 3.8) is 0 Å². The molecule has 1 aromatic heterocycles. The van der Waals surface area contributed by atoms with Crippen molar-refractivity contribution >= 4 is 35.0 Å². The molecule has 0 atom stereocenters. The van der Waals surface area contributed by atoms with Crippen LogP contribution in [0, 0.1) is 0 Å².